The van der Waals surface area contributed by atoms with Crippen molar-refractivity contribution in [2.75, 3.05) is 11.4 Å². The smallest absolute Gasteiger partial charge is 0.136 e. The quantitative estimate of drug-likeness (QED) is 0.671. The molecule has 0 unspecified atom stereocenters. The summed E-state index contributed by atoms with van der Waals surface area (Å²) in [6.45, 7) is 6.40. The van der Waals surface area contributed by atoms with Crippen molar-refractivity contribution in [1.29, 1.82) is 0 Å². The predicted octanol–water partition coefficient (Wildman–Crippen LogP) is 2.21. The molecule has 1 fully saturated rings. The van der Waals surface area contributed by atoms with Crippen LogP contribution in [-0.4, -0.2) is 33.8 Å². The SMILES string of the molecule is C=CCc1nc(Cl)cc(N2C[C@@H](O)C[C@H]2CC)n1. The minimum atomic E-state index is -0.286. The summed E-state index contributed by atoms with van der Waals surface area (Å²) in [6.07, 6.45) is 3.84. The van der Waals surface area contributed by atoms with Crippen molar-refractivity contribution in [1.82, 2.24) is 9.97 Å². The van der Waals surface area contributed by atoms with Gasteiger partial charge in [0.1, 0.15) is 16.8 Å². The number of nitrogens with zero attached hydrogens (tertiary/aromatic N) is 3. The van der Waals surface area contributed by atoms with Crippen LogP contribution in [0, 0.1) is 0 Å². The fourth-order valence-electron chi connectivity index (χ4n) is 2.38. The van der Waals surface area contributed by atoms with E-state index >= 15 is 0 Å². The van der Waals surface area contributed by atoms with Gasteiger partial charge >= 0.3 is 0 Å². The molecule has 1 saturated heterocycles. The van der Waals surface area contributed by atoms with E-state index in [0.717, 1.165) is 18.7 Å². The van der Waals surface area contributed by atoms with Crippen molar-refractivity contribution < 1.29 is 5.11 Å². The summed E-state index contributed by atoms with van der Waals surface area (Å²) in [7, 11) is 0. The number of aliphatic hydroxyl groups excluding tert-OH is 1. The van der Waals surface area contributed by atoms with Gasteiger partial charge in [-0.2, -0.15) is 0 Å². The molecule has 0 bridgehead atoms. The van der Waals surface area contributed by atoms with Crippen LogP contribution in [0.1, 0.15) is 25.6 Å². The molecule has 0 aromatic carbocycles. The van der Waals surface area contributed by atoms with Crippen LogP contribution in [0.4, 0.5) is 5.82 Å². The van der Waals surface area contributed by atoms with Gasteiger partial charge < -0.3 is 10.0 Å². The van der Waals surface area contributed by atoms with Gasteiger partial charge in [0.25, 0.3) is 0 Å². The van der Waals surface area contributed by atoms with Crippen molar-refractivity contribution in [2.24, 2.45) is 0 Å². The zero-order valence-electron chi connectivity index (χ0n) is 10.5. The fraction of sp³-hybridized carbons (Fsp3) is 0.538. The van der Waals surface area contributed by atoms with E-state index in [1.165, 1.54) is 0 Å². The van der Waals surface area contributed by atoms with Crippen LogP contribution in [0.3, 0.4) is 0 Å². The van der Waals surface area contributed by atoms with E-state index in [2.05, 4.69) is 28.4 Å². The Balaban J connectivity index is 2.29. The molecule has 2 rings (SSSR count). The average molecular weight is 268 g/mol. The lowest BCUT2D eigenvalue weighted by Crippen LogP contribution is -2.30. The first-order valence-corrected chi connectivity index (χ1v) is 6.61. The van der Waals surface area contributed by atoms with E-state index < -0.39 is 0 Å². The van der Waals surface area contributed by atoms with Crippen LogP contribution in [0.2, 0.25) is 5.15 Å². The molecular formula is C13H18ClN3O. The average Bonchev–Trinajstić information content (AvgIpc) is 2.70. The summed E-state index contributed by atoms with van der Waals surface area (Å²) < 4.78 is 0. The maximum absolute atomic E-state index is 9.77. The predicted molar refractivity (Wildman–Crippen MR) is 73.0 cm³/mol. The second-order valence-electron chi connectivity index (χ2n) is 4.56. The molecule has 2 heterocycles. The van der Waals surface area contributed by atoms with Gasteiger partial charge in [0.2, 0.25) is 0 Å². The normalized spacial score (nSPS) is 23.4. The molecule has 0 aliphatic carbocycles. The van der Waals surface area contributed by atoms with Crippen LogP contribution < -0.4 is 4.90 Å². The van der Waals surface area contributed by atoms with Gasteiger partial charge in [-0.1, -0.05) is 24.6 Å². The molecule has 0 saturated carbocycles. The number of halogens is 1. The Morgan fingerprint density at radius 1 is 1.61 bits per heavy atom. The molecule has 0 amide bonds. The molecule has 1 N–H and O–H groups in total. The van der Waals surface area contributed by atoms with Gasteiger partial charge in [0.15, 0.2) is 0 Å². The summed E-state index contributed by atoms with van der Waals surface area (Å²) in [6, 6.07) is 2.08. The Kier molecular flexibility index (Phi) is 4.19. The standard InChI is InChI=1S/C13H18ClN3O/c1-3-5-12-15-11(14)7-13(16-12)17-8-10(18)6-9(17)4-2/h3,7,9-10,18H,1,4-6,8H2,2H3/t9-,10+/m1/s1. The minimum Gasteiger partial charge on any atom is -0.391 e. The monoisotopic (exact) mass is 267 g/mol. The van der Waals surface area contributed by atoms with Crippen molar-refractivity contribution >= 4 is 17.4 Å². The highest BCUT2D eigenvalue weighted by molar-refractivity contribution is 6.29. The Hall–Kier alpha value is -1.13. The number of β-amino-alcohol motifs (C(OH)–C–C–N with tert-alkyl or cyclic N) is 1. The molecule has 1 aromatic heterocycles. The van der Waals surface area contributed by atoms with E-state index in [1.54, 1.807) is 12.1 Å². The van der Waals surface area contributed by atoms with Crippen molar-refractivity contribution in [2.45, 2.75) is 38.3 Å². The number of aromatic nitrogens is 2. The highest BCUT2D eigenvalue weighted by Crippen LogP contribution is 2.27. The third-order valence-electron chi connectivity index (χ3n) is 3.21. The second kappa shape index (κ2) is 5.67. The Morgan fingerprint density at radius 2 is 2.39 bits per heavy atom. The Morgan fingerprint density at radius 3 is 3.06 bits per heavy atom. The van der Waals surface area contributed by atoms with E-state index in [0.29, 0.717) is 30.0 Å². The summed E-state index contributed by atoms with van der Waals surface area (Å²) in [4.78, 5) is 10.8. The number of hydrogen-bond acceptors (Lipinski definition) is 4. The van der Waals surface area contributed by atoms with Crippen LogP contribution in [0.5, 0.6) is 0 Å². The number of anilines is 1. The van der Waals surface area contributed by atoms with Crippen LogP contribution in [0.25, 0.3) is 0 Å². The largest absolute Gasteiger partial charge is 0.391 e. The molecule has 1 aliphatic rings. The van der Waals surface area contributed by atoms with Gasteiger partial charge in [-0.25, -0.2) is 9.97 Å². The van der Waals surface area contributed by atoms with Gasteiger partial charge in [0, 0.05) is 25.1 Å². The first-order chi connectivity index (χ1) is 8.63. The molecule has 98 valence electrons. The molecule has 4 nitrogen and oxygen atoms in total. The second-order valence-corrected chi connectivity index (χ2v) is 4.95. The summed E-state index contributed by atoms with van der Waals surface area (Å²) in [5.41, 5.74) is 0. The maximum atomic E-state index is 9.77. The van der Waals surface area contributed by atoms with E-state index in [9.17, 15) is 5.11 Å². The third-order valence-corrected chi connectivity index (χ3v) is 3.41. The Bertz CT molecular complexity index is 438. The summed E-state index contributed by atoms with van der Waals surface area (Å²) >= 11 is 6.02. The first-order valence-electron chi connectivity index (χ1n) is 6.23. The fourth-order valence-corrected chi connectivity index (χ4v) is 2.57. The highest BCUT2D eigenvalue weighted by atomic mass is 35.5. The number of allylic oxidation sites excluding steroid dienone is 1. The molecule has 18 heavy (non-hydrogen) atoms. The van der Waals surface area contributed by atoms with Gasteiger partial charge in [-0.05, 0) is 12.8 Å². The van der Waals surface area contributed by atoms with Crippen molar-refractivity contribution in [3.05, 3.63) is 29.7 Å². The van der Waals surface area contributed by atoms with E-state index in [4.69, 9.17) is 11.6 Å². The lowest BCUT2D eigenvalue weighted by molar-refractivity contribution is 0.194. The van der Waals surface area contributed by atoms with Crippen LogP contribution in [0.15, 0.2) is 18.7 Å². The van der Waals surface area contributed by atoms with Gasteiger partial charge in [-0.15, -0.1) is 6.58 Å². The van der Waals surface area contributed by atoms with Crippen LogP contribution >= 0.6 is 11.6 Å². The molecular weight excluding hydrogens is 250 g/mol. The summed E-state index contributed by atoms with van der Waals surface area (Å²) in [5, 5.41) is 10.2. The summed E-state index contributed by atoms with van der Waals surface area (Å²) in [5.74, 6) is 1.47. The first kappa shape index (κ1) is 13.3. The van der Waals surface area contributed by atoms with E-state index in [1.807, 2.05) is 0 Å². The molecule has 1 aliphatic heterocycles. The third kappa shape index (κ3) is 2.82. The molecule has 2 atom stereocenters. The number of rotatable bonds is 4. The maximum Gasteiger partial charge on any atom is 0.136 e. The van der Waals surface area contributed by atoms with Crippen molar-refractivity contribution in [3.63, 3.8) is 0 Å². The van der Waals surface area contributed by atoms with Gasteiger partial charge in [0.05, 0.1) is 6.10 Å². The topological polar surface area (TPSA) is 49.2 Å². The number of hydrogen-bond donors (Lipinski definition) is 1. The van der Waals surface area contributed by atoms with Crippen LogP contribution in [-0.2, 0) is 6.42 Å². The van der Waals surface area contributed by atoms with Gasteiger partial charge in [-0.3, -0.25) is 0 Å². The molecule has 0 spiro atoms. The Labute approximate surface area is 112 Å². The zero-order chi connectivity index (χ0) is 13.1. The minimum absolute atomic E-state index is 0.286. The molecule has 0 radical (unpaired) electrons. The highest BCUT2D eigenvalue weighted by Gasteiger charge is 2.30. The lowest BCUT2D eigenvalue weighted by atomic mass is 10.1. The van der Waals surface area contributed by atoms with E-state index in [-0.39, 0.29) is 6.10 Å². The lowest BCUT2D eigenvalue weighted by Gasteiger charge is -2.24. The van der Waals surface area contributed by atoms with Crippen molar-refractivity contribution in [3.8, 4) is 0 Å². The number of aliphatic hydroxyl groups is 1. The zero-order valence-corrected chi connectivity index (χ0v) is 11.3. The molecule has 5 heteroatoms. The molecule has 1 aromatic rings.